The van der Waals surface area contributed by atoms with Gasteiger partial charge in [0.1, 0.15) is 6.79 Å². The van der Waals surface area contributed by atoms with Gasteiger partial charge in [-0.2, -0.15) is 0 Å². The van der Waals surface area contributed by atoms with Crippen LogP contribution in [0.5, 0.6) is 0 Å². The Morgan fingerprint density at radius 2 is 1.90 bits per heavy atom. The van der Waals surface area contributed by atoms with Crippen molar-refractivity contribution in [1.82, 2.24) is 0 Å². The van der Waals surface area contributed by atoms with Crippen molar-refractivity contribution in [2.75, 3.05) is 6.61 Å². The van der Waals surface area contributed by atoms with Crippen molar-refractivity contribution in [3.63, 3.8) is 0 Å². The molecule has 0 saturated carbocycles. The summed E-state index contributed by atoms with van der Waals surface area (Å²) in [7, 11) is 0. The van der Waals surface area contributed by atoms with Gasteiger partial charge in [0, 0.05) is 6.42 Å². The predicted octanol–water partition coefficient (Wildman–Crippen LogP) is 0.919. The molecule has 0 radical (unpaired) electrons. The zero-order valence-electron chi connectivity index (χ0n) is 5.97. The minimum atomic E-state index is -0.0255. The van der Waals surface area contributed by atoms with Crippen LogP contribution in [0.15, 0.2) is 0 Å². The lowest BCUT2D eigenvalue weighted by molar-refractivity contribution is -0.142. The highest BCUT2D eigenvalue weighted by Gasteiger charge is 2.05. The number of carbonyl (C=O) groups excluding carboxylic acids is 2. The van der Waals surface area contributed by atoms with Gasteiger partial charge in [0.05, 0.1) is 6.61 Å². The predicted molar refractivity (Wildman–Crippen MR) is 36.5 cm³/mol. The number of hydrogen-bond acceptors (Lipinski definition) is 3. The van der Waals surface area contributed by atoms with Crippen LogP contribution >= 0.6 is 0 Å². The summed E-state index contributed by atoms with van der Waals surface area (Å²) in [4.78, 5) is 18.5. The monoisotopic (exact) mass is 144 g/mol. The molecule has 1 saturated heterocycles. The molecular weight excluding hydrogens is 132 g/mol. The Bertz CT molecular complexity index is 91.0. The molecule has 1 rings (SSSR count). The van der Waals surface area contributed by atoms with Crippen molar-refractivity contribution in [2.45, 2.75) is 25.7 Å². The first-order valence-corrected chi connectivity index (χ1v) is 3.34. The Kier molecular flexibility index (Phi) is 5.72. The van der Waals surface area contributed by atoms with Crippen LogP contribution in [0.3, 0.4) is 0 Å². The largest absolute Gasteiger partial charge is 0.466 e. The third-order valence-electron chi connectivity index (χ3n) is 1.29. The Balaban J connectivity index is 0.000000371. The van der Waals surface area contributed by atoms with E-state index in [1.54, 1.807) is 0 Å². The Labute approximate surface area is 60.4 Å². The number of carbonyl (C=O) groups is 2. The molecule has 1 fully saturated rings. The van der Waals surface area contributed by atoms with Crippen LogP contribution in [0, 0.1) is 0 Å². The Morgan fingerprint density at radius 3 is 2.60 bits per heavy atom. The van der Waals surface area contributed by atoms with E-state index >= 15 is 0 Å². The Hall–Kier alpha value is -0.860. The van der Waals surface area contributed by atoms with Crippen molar-refractivity contribution < 1.29 is 14.3 Å². The third-order valence-corrected chi connectivity index (χ3v) is 1.29. The minimum Gasteiger partial charge on any atom is -0.466 e. The van der Waals surface area contributed by atoms with Crippen LogP contribution in [0.1, 0.15) is 25.7 Å². The summed E-state index contributed by atoms with van der Waals surface area (Å²) in [5.41, 5.74) is 0. The van der Waals surface area contributed by atoms with Gasteiger partial charge in [-0.3, -0.25) is 4.79 Å². The molecule has 0 bridgehead atoms. The molecule has 0 atom stereocenters. The molecule has 1 heterocycles. The summed E-state index contributed by atoms with van der Waals surface area (Å²) in [5.74, 6) is -0.0255. The number of esters is 1. The zero-order valence-corrected chi connectivity index (χ0v) is 5.97. The lowest BCUT2D eigenvalue weighted by Crippen LogP contribution is -2.00. The van der Waals surface area contributed by atoms with Gasteiger partial charge in [0.25, 0.3) is 0 Å². The van der Waals surface area contributed by atoms with E-state index in [0.29, 0.717) is 13.0 Å². The fourth-order valence-corrected chi connectivity index (χ4v) is 0.806. The van der Waals surface area contributed by atoms with E-state index in [-0.39, 0.29) is 5.97 Å². The summed E-state index contributed by atoms with van der Waals surface area (Å²) < 4.78 is 4.76. The van der Waals surface area contributed by atoms with E-state index in [4.69, 9.17) is 9.53 Å². The fraction of sp³-hybridized carbons (Fsp3) is 0.714. The van der Waals surface area contributed by atoms with Crippen LogP contribution in [0.2, 0.25) is 0 Å². The Morgan fingerprint density at radius 1 is 1.20 bits per heavy atom. The molecule has 10 heavy (non-hydrogen) atoms. The summed E-state index contributed by atoms with van der Waals surface area (Å²) >= 11 is 0. The minimum absolute atomic E-state index is 0.0255. The van der Waals surface area contributed by atoms with Crippen molar-refractivity contribution in [2.24, 2.45) is 0 Å². The SMILES string of the molecule is C=O.O=C1CCCCCO1. The van der Waals surface area contributed by atoms with Crippen LogP contribution in [-0.4, -0.2) is 19.4 Å². The third kappa shape index (κ3) is 4.06. The number of cyclic esters (lactones) is 1. The number of hydrogen-bond donors (Lipinski definition) is 0. The first kappa shape index (κ1) is 9.14. The van der Waals surface area contributed by atoms with Gasteiger partial charge in [-0.15, -0.1) is 0 Å². The second-order valence-electron chi connectivity index (χ2n) is 2.03. The van der Waals surface area contributed by atoms with Gasteiger partial charge in [-0.25, -0.2) is 0 Å². The number of ether oxygens (including phenoxy) is 1. The zero-order chi connectivity index (χ0) is 7.82. The summed E-state index contributed by atoms with van der Waals surface area (Å²) in [6, 6.07) is 0. The lowest BCUT2D eigenvalue weighted by Gasteiger charge is -1.93. The fourth-order valence-electron chi connectivity index (χ4n) is 0.806. The highest BCUT2D eigenvalue weighted by molar-refractivity contribution is 5.69. The molecule has 3 nitrogen and oxygen atoms in total. The molecular formula is C7H12O3. The maximum Gasteiger partial charge on any atom is 0.305 e. The van der Waals surface area contributed by atoms with Gasteiger partial charge in [-0.05, 0) is 19.3 Å². The second-order valence-corrected chi connectivity index (χ2v) is 2.03. The van der Waals surface area contributed by atoms with E-state index < -0.39 is 0 Å². The molecule has 0 aromatic carbocycles. The van der Waals surface area contributed by atoms with Gasteiger partial charge in [0.2, 0.25) is 0 Å². The average molecular weight is 144 g/mol. The van der Waals surface area contributed by atoms with E-state index in [9.17, 15) is 4.79 Å². The average Bonchev–Trinajstić information content (AvgIpc) is 2.21. The first-order valence-electron chi connectivity index (χ1n) is 3.34. The molecule has 0 aromatic rings. The van der Waals surface area contributed by atoms with Crippen molar-refractivity contribution in [1.29, 1.82) is 0 Å². The summed E-state index contributed by atoms with van der Waals surface area (Å²) in [5, 5.41) is 0. The van der Waals surface area contributed by atoms with Crippen molar-refractivity contribution in [3.05, 3.63) is 0 Å². The highest BCUT2D eigenvalue weighted by atomic mass is 16.5. The van der Waals surface area contributed by atoms with Crippen molar-refractivity contribution in [3.8, 4) is 0 Å². The molecule has 0 aromatic heterocycles. The maximum absolute atomic E-state index is 10.5. The maximum atomic E-state index is 10.5. The van der Waals surface area contributed by atoms with Crippen LogP contribution < -0.4 is 0 Å². The van der Waals surface area contributed by atoms with E-state index in [1.165, 1.54) is 0 Å². The smallest absolute Gasteiger partial charge is 0.305 e. The van der Waals surface area contributed by atoms with E-state index in [0.717, 1.165) is 19.3 Å². The summed E-state index contributed by atoms with van der Waals surface area (Å²) in [6.07, 6.45) is 3.83. The second kappa shape index (κ2) is 6.26. The topological polar surface area (TPSA) is 43.4 Å². The molecule has 0 spiro atoms. The lowest BCUT2D eigenvalue weighted by atomic mass is 10.2. The molecule has 1 aliphatic rings. The van der Waals surface area contributed by atoms with Crippen LogP contribution in [0.25, 0.3) is 0 Å². The van der Waals surface area contributed by atoms with Gasteiger partial charge in [0.15, 0.2) is 0 Å². The molecule has 0 amide bonds. The van der Waals surface area contributed by atoms with Gasteiger partial charge >= 0.3 is 5.97 Å². The van der Waals surface area contributed by atoms with E-state index in [2.05, 4.69) is 0 Å². The van der Waals surface area contributed by atoms with Crippen LogP contribution in [-0.2, 0) is 14.3 Å². The molecule has 0 N–H and O–H groups in total. The molecule has 0 aliphatic carbocycles. The quantitative estimate of drug-likeness (QED) is 0.475. The van der Waals surface area contributed by atoms with Crippen LogP contribution in [0.4, 0.5) is 0 Å². The first-order chi connectivity index (χ1) is 4.89. The van der Waals surface area contributed by atoms with Crippen molar-refractivity contribution >= 4 is 12.8 Å². The molecule has 0 unspecified atom stereocenters. The normalized spacial score (nSPS) is 17.8. The van der Waals surface area contributed by atoms with Gasteiger partial charge < -0.3 is 9.53 Å². The number of rotatable bonds is 0. The molecule has 58 valence electrons. The summed E-state index contributed by atoms with van der Waals surface area (Å²) in [6.45, 7) is 2.64. The molecule has 3 heteroatoms. The molecule has 1 aliphatic heterocycles. The van der Waals surface area contributed by atoms with E-state index in [1.807, 2.05) is 6.79 Å². The standard InChI is InChI=1S/C6H10O2.CH2O/c7-6-4-2-1-3-5-8-6;1-2/h1-5H2;1H2. The van der Waals surface area contributed by atoms with Gasteiger partial charge in [-0.1, -0.05) is 0 Å². The highest BCUT2D eigenvalue weighted by Crippen LogP contribution is 2.06.